The van der Waals surface area contributed by atoms with E-state index in [1.807, 2.05) is 31.2 Å². The summed E-state index contributed by atoms with van der Waals surface area (Å²) in [7, 11) is 1.65. The summed E-state index contributed by atoms with van der Waals surface area (Å²) in [6, 6.07) is 12.8. The largest absolute Gasteiger partial charge is 0.383 e. The maximum atomic E-state index is 15.1. The zero-order valence-electron chi connectivity index (χ0n) is 23.9. The number of benzene rings is 2. The van der Waals surface area contributed by atoms with Gasteiger partial charge in [0.1, 0.15) is 5.65 Å². The molecule has 0 bridgehead atoms. The smallest absolute Gasteiger partial charge is 0.354 e. The molecule has 12 heteroatoms. The molecule has 2 heterocycles. The van der Waals surface area contributed by atoms with Crippen molar-refractivity contribution in [3.05, 3.63) is 81.1 Å². The highest BCUT2D eigenvalue weighted by atomic mass is 35.5. The first-order chi connectivity index (χ1) is 20.2. The molecule has 224 valence electrons. The van der Waals surface area contributed by atoms with Crippen molar-refractivity contribution in [1.29, 1.82) is 0 Å². The summed E-state index contributed by atoms with van der Waals surface area (Å²) in [5.41, 5.74) is 19.9. The average molecular weight is 597 g/mol. The Hall–Kier alpha value is -3.77. The Balaban J connectivity index is 1.56. The molecule has 0 aliphatic rings. The molecule has 0 amide bonds. The molecular weight excluding hydrogens is 559 g/mol. The molecule has 2 unspecified atom stereocenters. The molecule has 0 spiro atoms. The first-order valence-corrected chi connectivity index (χ1v) is 14.3. The summed E-state index contributed by atoms with van der Waals surface area (Å²) in [6.07, 6.45) is 4.92. The number of hydrogen-bond donors (Lipinski definition) is 5. The first kappa shape index (κ1) is 31.2. The molecule has 8 N–H and O–H groups in total. The van der Waals surface area contributed by atoms with E-state index in [-0.39, 0.29) is 23.1 Å². The lowest BCUT2D eigenvalue weighted by molar-refractivity contribution is 0.167. The summed E-state index contributed by atoms with van der Waals surface area (Å²) in [6.45, 7) is 3.66. The number of ether oxygens (including phenoxy) is 1. The van der Waals surface area contributed by atoms with Crippen LogP contribution < -0.4 is 28.2 Å². The highest BCUT2D eigenvalue weighted by Crippen LogP contribution is 2.31. The number of nitrogens with zero attached hydrogens (tertiary/aromatic N) is 3. The molecule has 0 aliphatic heterocycles. The highest BCUT2D eigenvalue weighted by molar-refractivity contribution is 6.31. The summed E-state index contributed by atoms with van der Waals surface area (Å²) < 4.78 is 21.9. The van der Waals surface area contributed by atoms with E-state index in [9.17, 15) is 4.79 Å². The van der Waals surface area contributed by atoms with E-state index in [1.54, 1.807) is 31.5 Å². The van der Waals surface area contributed by atoms with Crippen molar-refractivity contribution in [1.82, 2.24) is 19.9 Å². The number of aryl methyl sites for hydroxylation is 1. The number of nitrogens with one attached hydrogen (secondary N) is 2. The predicted octanol–water partition coefficient (Wildman–Crippen LogP) is 3.78. The van der Waals surface area contributed by atoms with Gasteiger partial charge in [0.05, 0.1) is 29.1 Å². The van der Waals surface area contributed by atoms with Crippen molar-refractivity contribution in [3.63, 3.8) is 0 Å². The van der Waals surface area contributed by atoms with Crippen LogP contribution in [-0.4, -0.2) is 53.3 Å². The number of rotatable bonds is 14. The van der Waals surface area contributed by atoms with Crippen LogP contribution in [0.15, 0.2) is 58.4 Å². The van der Waals surface area contributed by atoms with Crippen LogP contribution in [0.5, 0.6) is 0 Å². The number of halogens is 2. The van der Waals surface area contributed by atoms with Gasteiger partial charge in [-0.1, -0.05) is 23.7 Å². The Morgan fingerprint density at radius 1 is 1.21 bits per heavy atom. The normalized spacial score (nSPS) is 12.9. The van der Waals surface area contributed by atoms with Crippen LogP contribution in [0, 0.1) is 5.82 Å². The molecular formula is C30H38ClFN8O2. The summed E-state index contributed by atoms with van der Waals surface area (Å²) in [4.78, 5) is 24.3. The Morgan fingerprint density at radius 2 is 1.98 bits per heavy atom. The van der Waals surface area contributed by atoms with E-state index in [0.717, 1.165) is 36.8 Å². The van der Waals surface area contributed by atoms with E-state index in [2.05, 4.69) is 20.3 Å². The Labute approximate surface area is 249 Å². The van der Waals surface area contributed by atoms with Gasteiger partial charge >= 0.3 is 5.69 Å². The zero-order chi connectivity index (χ0) is 30.2. The maximum Gasteiger partial charge on any atom is 0.354 e. The molecule has 10 nitrogen and oxygen atoms in total. The van der Waals surface area contributed by atoms with Crippen LogP contribution in [0.2, 0.25) is 5.02 Å². The van der Waals surface area contributed by atoms with Crippen LogP contribution >= 0.6 is 11.6 Å². The number of aliphatic imine (C=N–C) groups is 1. The monoisotopic (exact) mass is 596 g/mol. The number of hydrogen-bond acceptors (Lipinski definition) is 6. The second-order valence-electron chi connectivity index (χ2n) is 10.4. The Bertz CT molecular complexity index is 1580. The van der Waals surface area contributed by atoms with Crippen LogP contribution in [-0.2, 0) is 11.2 Å². The minimum Gasteiger partial charge on any atom is -0.383 e. The number of H-pyrrole nitrogens is 1. The third-order valence-electron chi connectivity index (χ3n) is 6.94. The fourth-order valence-corrected chi connectivity index (χ4v) is 5.05. The molecule has 0 saturated heterocycles. The SMILES string of the molecule is COCC(NCCCN=C(N)N)c1ccc(-n2cc3cc(-c4cc(CCCC(C)N)cc(Cl)c4F)[nH]c3nc2=O)cc1. The summed E-state index contributed by atoms with van der Waals surface area (Å²) >= 11 is 6.24. The van der Waals surface area contributed by atoms with Gasteiger partial charge in [-0.3, -0.25) is 9.56 Å². The van der Waals surface area contributed by atoms with Gasteiger partial charge in [0.15, 0.2) is 11.8 Å². The summed E-state index contributed by atoms with van der Waals surface area (Å²) in [5.74, 6) is -0.451. The fourth-order valence-electron chi connectivity index (χ4n) is 4.81. The molecule has 2 atom stereocenters. The lowest BCUT2D eigenvalue weighted by atomic mass is 10.0. The van der Waals surface area contributed by atoms with Gasteiger partial charge in [-0.15, -0.1) is 0 Å². The minimum atomic E-state index is -0.527. The number of fused-ring (bicyclic) bond motifs is 1. The first-order valence-electron chi connectivity index (χ1n) is 13.9. The quantitative estimate of drug-likeness (QED) is 0.0840. The topological polar surface area (TPSA) is 162 Å². The zero-order valence-corrected chi connectivity index (χ0v) is 24.6. The van der Waals surface area contributed by atoms with E-state index in [0.29, 0.717) is 47.7 Å². The van der Waals surface area contributed by atoms with Crippen molar-refractivity contribution < 1.29 is 9.13 Å². The number of guanidine groups is 1. The molecule has 0 fully saturated rings. The van der Waals surface area contributed by atoms with Gasteiger partial charge in [0.25, 0.3) is 0 Å². The van der Waals surface area contributed by atoms with Crippen LogP contribution in [0.25, 0.3) is 28.0 Å². The van der Waals surface area contributed by atoms with Crippen molar-refractivity contribution in [3.8, 4) is 16.9 Å². The predicted molar refractivity (Wildman–Crippen MR) is 167 cm³/mol. The van der Waals surface area contributed by atoms with Gasteiger partial charge in [-0.25, -0.2) is 9.18 Å². The van der Waals surface area contributed by atoms with Gasteiger partial charge in [0, 0.05) is 36.8 Å². The van der Waals surface area contributed by atoms with E-state index in [1.165, 1.54) is 4.57 Å². The molecule has 2 aromatic heterocycles. The number of methoxy groups -OCH3 is 1. The standard InChI is InChI=1S/C30H38ClFN8O2/c1-18(33)5-3-6-19-13-23(27(32)24(31)14-19)25-15-21-16-40(30(41)39-28(21)38-25)22-9-7-20(8-10-22)26(17-42-2)36-11-4-12-37-29(34)35/h7-10,13-16,18,26,36H,3-6,11-12,17,33H2,1-2H3,(H4,34,35,37)(H,38,39,41). The molecule has 2 aromatic carbocycles. The Morgan fingerprint density at radius 3 is 2.67 bits per heavy atom. The van der Waals surface area contributed by atoms with Gasteiger partial charge in [-0.05, 0) is 80.6 Å². The lowest BCUT2D eigenvalue weighted by Gasteiger charge is -2.19. The molecule has 4 rings (SSSR count). The second kappa shape index (κ2) is 14.4. The number of nitrogens with two attached hydrogens (primary N) is 3. The molecule has 42 heavy (non-hydrogen) atoms. The van der Waals surface area contributed by atoms with E-state index >= 15 is 4.39 Å². The van der Waals surface area contributed by atoms with Gasteiger partial charge in [-0.2, -0.15) is 4.98 Å². The Kier molecular flexibility index (Phi) is 10.7. The number of aromatic amines is 1. The van der Waals surface area contributed by atoms with Crippen molar-refractivity contribution in [2.24, 2.45) is 22.2 Å². The highest BCUT2D eigenvalue weighted by Gasteiger charge is 2.16. The molecule has 0 radical (unpaired) electrons. The number of aromatic nitrogens is 3. The molecule has 0 saturated carbocycles. The van der Waals surface area contributed by atoms with Crippen LogP contribution in [0.1, 0.15) is 43.4 Å². The van der Waals surface area contributed by atoms with Gasteiger partial charge < -0.3 is 32.2 Å². The fraction of sp³-hybridized carbons (Fsp3) is 0.367. The minimum absolute atomic E-state index is 0.0459. The van der Waals surface area contributed by atoms with Crippen LogP contribution in [0.4, 0.5) is 4.39 Å². The average Bonchev–Trinajstić information content (AvgIpc) is 3.36. The van der Waals surface area contributed by atoms with Gasteiger partial charge in [0.2, 0.25) is 0 Å². The van der Waals surface area contributed by atoms with E-state index in [4.69, 9.17) is 33.5 Å². The summed E-state index contributed by atoms with van der Waals surface area (Å²) in [5, 5.41) is 4.15. The second-order valence-corrected chi connectivity index (χ2v) is 10.8. The van der Waals surface area contributed by atoms with Crippen LogP contribution in [0.3, 0.4) is 0 Å². The van der Waals surface area contributed by atoms with Crippen molar-refractivity contribution >= 4 is 28.6 Å². The van der Waals surface area contributed by atoms with Crippen molar-refractivity contribution in [2.45, 2.75) is 44.7 Å². The van der Waals surface area contributed by atoms with Crippen molar-refractivity contribution in [2.75, 3.05) is 26.8 Å². The lowest BCUT2D eigenvalue weighted by Crippen LogP contribution is -2.27. The third-order valence-corrected chi connectivity index (χ3v) is 7.21. The molecule has 4 aromatic rings. The third kappa shape index (κ3) is 7.95. The maximum absolute atomic E-state index is 15.1. The van der Waals surface area contributed by atoms with E-state index < -0.39 is 11.5 Å². The molecule has 0 aliphatic carbocycles.